The van der Waals surface area contributed by atoms with Crippen molar-refractivity contribution in [1.82, 2.24) is 0 Å². The first kappa shape index (κ1) is 13.8. The van der Waals surface area contributed by atoms with Crippen LogP contribution in [0.3, 0.4) is 0 Å². The SMILES string of the molecule is COS(=O)OC(C)c1cc(C)cc([N+](=O)[O-])c1. The van der Waals surface area contributed by atoms with Crippen LogP contribution in [0.15, 0.2) is 18.2 Å². The summed E-state index contributed by atoms with van der Waals surface area (Å²) < 4.78 is 20.5. The topological polar surface area (TPSA) is 78.7 Å². The van der Waals surface area contributed by atoms with Gasteiger partial charge in [-0.3, -0.25) is 18.5 Å². The molecule has 0 bridgehead atoms. The van der Waals surface area contributed by atoms with Crippen molar-refractivity contribution in [1.29, 1.82) is 0 Å². The molecule has 94 valence electrons. The van der Waals surface area contributed by atoms with Crippen LogP contribution < -0.4 is 0 Å². The van der Waals surface area contributed by atoms with Gasteiger partial charge in [0.2, 0.25) is 0 Å². The molecule has 2 atom stereocenters. The molecular weight excluding hydrogens is 246 g/mol. The largest absolute Gasteiger partial charge is 0.304 e. The van der Waals surface area contributed by atoms with Gasteiger partial charge in [0.05, 0.1) is 18.1 Å². The van der Waals surface area contributed by atoms with Gasteiger partial charge in [0, 0.05) is 12.1 Å². The monoisotopic (exact) mass is 259 g/mol. The number of nitro groups is 1. The van der Waals surface area contributed by atoms with Gasteiger partial charge in [-0.25, -0.2) is 0 Å². The molecule has 0 heterocycles. The zero-order chi connectivity index (χ0) is 13.0. The Labute approximate surface area is 102 Å². The van der Waals surface area contributed by atoms with Crippen LogP contribution in [0.2, 0.25) is 0 Å². The number of non-ortho nitro benzene ring substituents is 1. The van der Waals surface area contributed by atoms with Crippen molar-refractivity contribution in [2.45, 2.75) is 20.0 Å². The van der Waals surface area contributed by atoms with Crippen LogP contribution in [-0.4, -0.2) is 16.2 Å². The fraction of sp³-hybridized carbons (Fsp3) is 0.400. The van der Waals surface area contributed by atoms with Crippen molar-refractivity contribution in [3.05, 3.63) is 39.4 Å². The molecule has 6 nitrogen and oxygen atoms in total. The second-order valence-electron chi connectivity index (χ2n) is 3.47. The third kappa shape index (κ3) is 3.88. The van der Waals surface area contributed by atoms with E-state index in [9.17, 15) is 14.3 Å². The van der Waals surface area contributed by atoms with Crippen molar-refractivity contribution in [2.75, 3.05) is 7.11 Å². The van der Waals surface area contributed by atoms with Gasteiger partial charge in [0.1, 0.15) is 0 Å². The lowest BCUT2D eigenvalue weighted by Crippen LogP contribution is -2.05. The first-order valence-electron chi connectivity index (χ1n) is 4.83. The van der Waals surface area contributed by atoms with Crippen LogP contribution in [0.5, 0.6) is 0 Å². The average molecular weight is 259 g/mol. The molecule has 1 rings (SSSR count). The minimum atomic E-state index is -1.85. The highest BCUT2D eigenvalue weighted by Gasteiger charge is 2.15. The van der Waals surface area contributed by atoms with E-state index in [0.29, 0.717) is 5.56 Å². The highest BCUT2D eigenvalue weighted by atomic mass is 32.2. The quantitative estimate of drug-likeness (QED) is 0.598. The summed E-state index contributed by atoms with van der Waals surface area (Å²) in [5.74, 6) is 0. The van der Waals surface area contributed by atoms with Crippen molar-refractivity contribution in [3.8, 4) is 0 Å². The lowest BCUT2D eigenvalue weighted by Gasteiger charge is -2.11. The van der Waals surface area contributed by atoms with Gasteiger partial charge in [-0.1, -0.05) is 6.07 Å². The number of nitro benzene ring substituents is 1. The van der Waals surface area contributed by atoms with E-state index in [1.165, 1.54) is 19.2 Å². The number of aryl methyl sites for hydroxylation is 1. The Morgan fingerprint density at radius 1 is 1.41 bits per heavy atom. The first-order valence-corrected chi connectivity index (χ1v) is 5.83. The van der Waals surface area contributed by atoms with Gasteiger partial charge in [-0.2, -0.15) is 4.21 Å². The lowest BCUT2D eigenvalue weighted by atomic mass is 10.1. The van der Waals surface area contributed by atoms with Crippen molar-refractivity contribution >= 4 is 17.0 Å². The van der Waals surface area contributed by atoms with Gasteiger partial charge >= 0.3 is 11.4 Å². The molecule has 0 saturated carbocycles. The van der Waals surface area contributed by atoms with E-state index < -0.39 is 22.4 Å². The number of nitrogens with zero attached hydrogens (tertiary/aromatic N) is 1. The fourth-order valence-corrected chi connectivity index (χ4v) is 1.77. The molecule has 0 saturated heterocycles. The number of rotatable bonds is 5. The van der Waals surface area contributed by atoms with Gasteiger partial charge in [0.15, 0.2) is 0 Å². The van der Waals surface area contributed by atoms with Crippen LogP contribution in [0.25, 0.3) is 0 Å². The average Bonchev–Trinajstić information content (AvgIpc) is 2.27. The molecule has 0 aromatic heterocycles. The Balaban J connectivity index is 2.97. The molecular formula is C10H13NO5S. The zero-order valence-electron chi connectivity index (χ0n) is 9.71. The summed E-state index contributed by atoms with van der Waals surface area (Å²) in [6.45, 7) is 3.39. The molecule has 0 aliphatic rings. The molecule has 1 aromatic rings. The molecule has 0 fully saturated rings. The third-order valence-corrected chi connectivity index (χ3v) is 2.84. The molecule has 17 heavy (non-hydrogen) atoms. The van der Waals surface area contributed by atoms with Gasteiger partial charge in [-0.05, 0) is 25.0 Å². The molecule has 0 aliphatic heterocycles. The van der Waals surface area contributed by atoms with Crippen molar-refractivity contribution in [3.63, 3.8) is 0 Å². The predicted octanol–water partition coefficient (Wildman–Crippen LogP) is 2.21. The summed E-state index contributed by atoms with van der Waals surface area (Å²) >= 11 is -1.85. The Morgan fingerprint density at radius 3 is 2.59 bits per heavy atom. The smallest absolute Gasteiger partial charge is 0.272 e. The Morgan fingerprint density at radius 2 is 2.06 bits per heavy atom. The third-order valence-electron chi connectivity index (χ3n) is 2.12. The molecule has 2 unspecified atom stereocenters. The fourth-order valence-electron chi connectivity index (χ4n) is 1.34. The standard InChI is InChI=1S/C10H13NO5S/c1-7-4-9(6-10(5-7)11(12)13)8(2)16-17(14)15-3/h4-6,8H,1-3H3. The molecule has 7 heteroatoms. The van der Waals surface area contributed by atoms with E-state index >= 15 is 0 Å². The molecule has 0 amide bonds. The highest BCUT2D eigenvalue weighted by molar-refractivity contribution is 7.75. The molecule has 0 N–H and O–H groups in total. The van der Waals surface area contributed by atoms with E-state index in [-0.39, 0.29) is 5.69 Å². The first-order chi connectivity index (χ1) is 7.93. The molecule has 0 radical (unpaired) electrons. The summed E-state index contributed by atoms with van der Waals surface area (Å²) in [5, 5.41) is 10.7. The number of benzene rings is 1. The van der Waals surface area contributed by atoms with Crippen LogP contribution in [-0.2, 0) is 19.7 Å². The maximum absolute atomic E-state index is 11.0. The van der Waals surface area contributed by atoms with Crippen molar-refractivity contribution in [2.24, 2.45) is 0 Å². The van der Waals surface area contributed by atoms with E-state index in [4.69, 9.17) is 4.18 Å². The van der Waals surface area contributed by atoms with E-state index in [0.717, 1.165) is 5.56 Å². The predicted molar refractivity (Wildman–Crippen MR) is 62.5 cm³/mol. The van der Waals surface area contributed by atoms with E-state index in [1.54, 1.807) is 19.9 Å². The minimum Gasteiger partial charge on any atom is -0.272 e. The number of hydrogen-bond donors (Lipinski definition) is 0. The molecule has 1 aromatic carbocycles. The van der Waals surface area contributed by atoms with Crippen LogP contribution in [0.4, 0.5) is 5.69 Å². The molecule has 0 aliphatic carbocycles. The summed E-state index contributed by atoms with van der Waals surface area (Å²) in [4.78, 5) is 10.2. The van der Waals surface area contributed by atoms with Crippen LogP contribution in [0.1, 0.15) is 24.2 Å². The summed E-state index contributed by atoms with van der Waals surface area (Å²) in [6, 6.07) is 4.60. The van der Waals surface area contributed by atoms with Crippen LogP contribution >= 0.6 is 0 Å². The number of hydrogen-bond acceptors (Lipinski definition) is 5. The van der Waals surface area contributed by atoms with Gasteiger partial charge < -0.3 is 0 Å². The highest BCUT2D eigenvalue weighted by Crippen LogP contribution is 2.24. The van der Waals surface area contributed by atoms with Gasteiger partial charge in [-0.15, -0.1) is 0 Å². The van der Waals surface area contributed by atoms with E-state index in [2.05, 4.69) is 4.18 Å². The normalized spacial score (nSPS) is 14.3. The maximum Gasteiger partial charge on any atom is 0.304 e. The summed E-state index contributed by atoms with van der Waals surface area (Å²) in [7, 11) is 1.25. The summed E-state index contributed by atoms with van der Waals surface area (Å²) in [6.07, 6.45) is -0.547. The molecule has 0 spiro atoms. The Hall–Kier alpha value is -1.31. The summed E-state index contributed by atoms with van der Waals surface area (Å²) in [5.41, 5.74) is 1.31. The van der Waals surface area contributed by atoms with Crippen LogP contribution in [0, 0.1) is 17.0 Å². The Kier molecular flexibility index (Phi) is 4.73. The van der Waals surface area contributed by atoms with E-state index in [1.807, 2.05) is 0 Å². The van der Waals surface area contributed by atoms with Gasteiger partial charge in [0.25, 0.3) is 5.69 Å². The second-order valence-corrected chi connectivity index (χ2v) is 4.40. The second kappa shape index (κ2) is 5.85. The lowest BCUT2D eigenvalue weighted by molar-refractivity contribution is -0.385. The zero-order valence-corrected chi connectivity index (χ0v) is 10.5. The Bertz CT molecular complexity index is 448. The maximum atomic E-state index is 11.0. The minimum absolute atomic E-state index is 0.0151. The van der Waals surface area contributed by atoms with Crippen molar-refractivity contribution < 1.29 is 17.5 Å².